The predicted molar refractivity (Wildman–Crippen MR) is 49.8 cm³/mol. The van der Waals surface area contributed by atoms with Crippen molar-refractivity contribution in [3.8, 4) is 0 Å². The molecule has 0 spiro atoms. The molecule has 4 nitrogen and oxygen atoms in total. The lowest BCUT2D eigenvalue weighted by Gasteiger charge is -2.31. The van der Waals surface area contributed by atoms with Crippen LogP contribution in [0.1, 0.15) is 20.3 Å². The van der Waals surface area contributed by atoms with Crippen molar-refractivity contribution < 1.29 is 9.90 Å². The molecule has 1 aliphatic rings. The van der Waals surface area contributed by atoms with Gasteiger partial charge in [-0.2, -0.15) is 0 Å². The van der Waals surface area contributed by atoms with Gasteiger partial charge in [-0.25, -0.2) is 5.01 Å². The van der Waals surface area contributed by atoms with Crippen LogP contribution in [0.15, 0.2) is 0 Å². The van der Waals surface area contributed by atoms with Crippen LogP contribution in [0, 0.1) is 5.41 Å². The second-order valence-corrected chi connectivity index (χ2v) is 4.38. The molecule has 0 aromatic carbocycles. The summed E-state index contributed by atoms with van der Waals surface area (Å²) < 4.78 is 0. The van der Waals surface area contributed by atoms with Gasteiger partial charge >= 0.3 is 0 Å². The molecule has 0 aromatic rings. The van der Waals surface area contributed by atoms with E-state index in [0.717, 1.165) is 13.1 Å². The summed E-state index contributed by atoms with van der Waals surface area (Å²) in [6.45, 7) is 5.63. The molecule has 1 fully saturated rings. The smallest absolute Gasteiger partial charge is 0.237 e. The van der Waals surface area contributed by atoms with Crippen LogP contribution in [0.4, 0.5) is 0 Å². The van der Waals surface area contributed by atoms with Crippen LogP contribution in [0.25, 0.3) is 0 Å². The fourth-order valence-electron chi connectivity index (χ4n) is 1.42. The number of carbonyl (C=O) groups excluding carboxylic acids is 1. The lowest BCUT2D eigenvalue weighted by atomic mass is 9.95. The first kappa shape index (κ1) is 10.5. The molecule has 0 aliphatic carbocycles. The van der Waals surface area contributed by atoms with Crippen molar-refractivity contribution in [2.45, 2.75) is 20.3 Å². The number of carbonyl (C=O) groups is 1. The lowest BCUT2D eigenvalue weighted by molar-refractivity contribution is -0.136. The molecule has 1 amide bonds. The Kier molecular flexibility index (Phi) is 2.93. The van der Waals surface area contributed by atoms with Crippen molar-refractivity contribution in [1.82, 2.24) is 10.0 Å². The Bertz CT molecular complexity index is 204. The molecular weight excluding hydrogens is 168 g/mol. The Balaban J connectivity index is 2.51. The minimum absolute atomic E-state index is 0.140. The maximum Gasteiger partial charge on any atom is 0.237 e. The van der Waals surface area contributed by atoms with Crippen LogP contribution in [-0.4, -0.2) is 47.8 Å². The van der Waals surface area contributed by atoms with E-state index in [1.54, 1.807) is 12.1 Å². The van der Waals surface area contributed by atoms with Gasteiger partial charge in [-0.3, -0.25) is 9.80 Å². The van der Waals surface area contributed by atoms with Crippen molar-refractivity contribution >= 4 is 5.91 Å². The number of aliphatic hydroxyl groups excluding tert-OH is 1. The number of hydrazine groups is 1. The molecule has 1 rings (SSSR count). The van der Waals surface area contributed by atoms with E-state index < -0.39 is 0 Å². The molecule has 1 aliphatic heterocycles. The van der Waals surface area contributed by atoms with Crippen molar-refractivity contribution in [3.05, 3.63) is 0 Å². The minimum atomic E-state index is -0.140. The van der Waals surface area contributed by atoms with Crippen LogP contribution >= 0.6 is 0 Å². The third kappa shape index (κ3) is 2.42. The van der Waals surface area contributed by atoms with Gasteiger partial charge in [-0.15, -0.1) is 0 Å². The monoisotopic (exact) mass is 186 g/mol. The van der Waals surface area contributed by atoms with Crippen molar-refractivity contribution in [2.75, 3.05) is 26.7 Å². The van der Waals surface area contributed by atoms with Gasteiger partial charge in [-0.1, -0.05) is 13.8 Å². The van der Waals surface area contributed by atoms with Crippen LogP contribution < -0.4 is 0 Å². The van der Waals surface area contributed by atoms with E-state index in [1.165, 1.54) is 0 Å². The third-order valence-electron chi connectivity index (χ3n) is 2.41. The molecule has 0 aromatic heterocycles. The number of amides is 1. The first-order chi connectivity index (χ1) is 5.96. The SMILES string of the molecule is CN1C(=O)CCN1CC(C)(C)CO. The normalized spacial score (nSPS) is 20.0. The molecule has 1 saturated heterocycles. The molecule has 1 heterocycles. The summed E-state index contributed by atoms with van der Waals surface area (Å²) in [6, 6.07) is 0. The Morgan fingerprint density at radius 2 is 2.15 bits per heavy atom. The van der Waals surface area contributed by atoms with Gasteiger partial charge < -0.3 is 5.11 Å². The topological polar surface area (TPSA) is 43.8 Å². The van der Waals surface area contributed by atoms with E-state index in [1.807, 2.05) is 18.9 Å². The number of nitrogens with zero attached hydrogens (tertiary/aromatic N) is 2. The first-order valence-corrected chi connectivity index (χ1v) is 4.58. The molecule has 0 saturated carbocycles. The van der Waals surface area contributed by atoms with Crippen molar-refractivity contribution in [3.63, 3.8) is 0 Å². The Labute approximate surface area is 79.1 Å². The van der Waals surface area contributed by atoms with Gasteiger partial charge in [0.1, 0.15) is 0 Å². The average molecular weight is 186 g/mol. The van der Waals surface area contributed by atoms with E-state index in [9.17, 15) is 4.79 Å². The van der Waals surface area contributed by atoms with Crippen LogP contribution in [0.2, 0.25) is 0 Å². The molecule has 0 radical (unpaired) electrons. The van der Waals surface area contributed by atoms with E-state index in [0.29, 0.717) is 6.42 Å². The number of hydrogen-bond donors (Lipinski definition) is 1. The van der Waals surface area contributed by atoms with Gasteiger partial charge in [0.2, 0.25) is 5.91 Å². The zero-order chi connectivity index (χ0) is 10.1. The second-order valence-electron chi connectivity index (χ2n) is 4.38. The van der Waals surface area contributed by atoms with Gasteiger partial charge in [0, 0.05) is 38.6 Å². The average Bonchev–Trinajstić information content (AvgIpc) is 2.36. The number of hydrogen-bond acceptors (Lipinski definition) is 3. The van der Waals surface area contributed by atoms with Gasteiger partial charge in [0.25, 0.3) is 0 Å². The molecule has 0 unspecified atom stereocenters. The molecule has 4 heteroatoms. The van der Waals surface area contributed by atoms with E-state index >= 15 is 0 Å². The van der Waals surface area contributed by atoms with Gasteiger partial charge in [0.15, 0.2) is 0 Å². The summed E-state index contributed by atoms with van der Waals surface area (Å²) in [4.78, 5) is 11.2. The maximum absolute atomic E-state index is 11.2. The van der Waals surface area contributed by atoms with Gasteiger partial charge in [-0.05, 0) is 0 Å². The summed E-state index contributed by atoms with van der Waals surface area (Å²) in [7, 11) is 1.78. The Morgan fingerprint density at radius 1 is 1.54 bits per heavy atom. The Morgan fingerprint density at radius 3 is 2.54 bits per heavy atom. The second kappa shape index (κ2) is 3.64. The quantitative estimate of drug-likeness (QED) is 0.679. The highest BCUT2D eigenvalue weighted by Crippen LogP contribution is 2.19. The fraction of sp³-hybridized carbons (Fsp3) is 0.889. The summed E-state index contributed by atoms with van der Waals surface area (Å²) in [5.74, 6) is 0.161. The third-order valence-corrected chi connectivity index (χ3v) is 2.41. The zero-order valence-corrected chi connectivity index (χ0v) is 8.58. The largest absolute Gasteiger partial charge is 0.396 e. The first-order valence-electron chi connectivity index (χ1n) is 4.58. The standard InChI is InChI=1S/C9H18N2O2/c1-9(2,7-12)6-11-5-4-8(13)10(11)3/h12H,4-7H2,1-3H3. The number of rotatable bonds is 3. The van der Waals surface area contributed by atoms with E-state index in [-0.39, 0.29) is 17.9 Å². The van der Waals surface area contributed by atoms with Crippen molar-refractivity contribution in [1.29, 1.82) is 0 Å². The molecule has 0 bridgehead atoms. The fourth-order valence-corrected chi connectivity index (χ4v) is 1.42. The molecule has 1 N–H and O–H groups in total. The summed E-state index contributed by atoms with van der Waals surface area (Å²) in [5, 5.41) is 12.7. The highest BCUT2D eigenvalue weighted by molar-refractivity contribution is 5.77. The molecular formula is C9H18N2O2. The number of aliphatic hydroxyl groups is 1. The van der Waals surface area contributed by atoms with Crippen LogP contribution in [-0.2, 0) is 4.79 Å². The van der Waals surface area contributed by atoms with Crippen LogP contribution in [0.5, 0.6) is 0 Å². The van der Waals surface area contributed by atoms with Crippen LogP contribution in [0.3, 0.4) is 0 Å². The summed E-state index contributed by atoms with van der Waals surface area (Å²) in [5.41, 5.74) is -0.140. The van der Waals surface area contributed by atoms with Crippen molar-refractivity contribution in [2.24, 2.45) is 5.41 Å². The van der Waals surface area contributed by atoms with Gasteiger partial charge in [0.05, 0.1) is 0 Å². The molecule has 0 atom stereocenters. The van der Waals surface area contributed by atoms with E-state index in [2.05, 4.69) is 0 Å². The maximum atomic E-state index is 11.2. The predicted octanol–water partition coefficient (Wildman–Crippen LogP) is 0.0840. The summed E-state index contributed by atoms with van der Waals surface area (Å²) >= 11 is 0. The molecule has 76 valence electrons. The highest BCUT2D eigenvalue weighted by atomic mass is 16.3. The summed E-state index contributed by atoms with van der Waals surface area (Å²) in [6.07, 6.45) is 0.595. The minimum Gasteiger partial charge on any atom is -0.396 e. The highest BCUT2D eigenvalue weighted by Gasteiger charge is 2.30. The Hall–Kier alpha value is -0.610. The zero-order valence-electron chi connectivity index (χ0n) is 8.58. The lowest BCUT2D eigenvalue weighted by Crippen LogP contribution is -2.42. The van der Waals surface area contributed by atoms with E-state index in [4.69, 9.17) is 5.11 Å². The molecule has 13 heavy (non-hydrogen) atoms.